The van der Waals surface area contributed by atoms with E-state index in [1.54, 1.807) is 19.9 Å². The van der Waals surface area contributed by atoms with Crippen molar-refractivity contribution in [3.8, 4) is 11.5 Å². The van der Waals surface area contributed by atoms with Gasteiger partial charge >= 0.3 is 24.2 Å². The zero-order valence-corrected chi connectivity index (χ0v) is 21.7. The molecule has 11 nitrogen and oxygen atoms in total. The first-order valence-corrected chi connectivity index (χ1v) is 11.8. The molecule has 0 unspecified atom stereocenters. The molecule has 0 saturated carbocycles. The van der Waals surface area contributed by atoms with Gasteiger partial charge in [-0.3, -0.25) is 9.59 Å². The van der Waals surface area contributed by atoms with Crippen LogP contribution in [0, 0.1) is 11.8 Å². The molecule has 0 amide bonds. The second kappa shape index (κ2) is 15.6. The number of hydrogen-bond donors (Lipinski definition) is 1. The molecule has 0 fully saturated rings. The fraction of sp³-hybridized carbons (Fsp3) is 0.600. The minimum Gasteiger partial charge on any atom is -0.461 e. The zero-order chi connectivity index (χ0) is 27.3. The maximum absolute atomic E-state index is 12.3. The van der Waals surface area contributed by atoms with Crippen molar-refractivity contribution in [2.75, 3.05) is 19.8 Å². The van der Waals surface area contributed by atoms with Gasteiger partial charge in [0.2, 0.25) is 0 Å². The van der Waals surface area contributed by atoms with Crippen LogP contribution in [0.3, 0.4) is 0 Å². The highest BCUT2D eigenvalue weighted by Crippen LogP contribution is 2.30. The summed E-state index contributed by atoms with van der Waals surface area (Å²) in [6, 6.07) is 3.29. The van der Waals surface area contributed by atoms with Crippen LogP contribution >= 0.6 is 0 Å². The number of carbonyl (C=O) groups is 4. The van der Waals surface area contributed by atoms with Crippen molar-refractivity contribution in [3.63, 3.8) is 0 Å². The third-order valence-electron chi connectivity index (χ3n) is 4.30. The molecule has 1 aromatic carbocycles. The molecule has 1 aromatic rings. The summed E-state index contributed by atoms with van der Waals surface area (Å²) in [7, 11) is 0. The van der Waals surface area contributed by atoms with E-state index in [4.69, 9.17) is 34.2 Å². The van der Waals surface area contributed by atoms with E-state index in [-0.39, 0.29) is 56.0 Å². The summed E-state index contributed by atoms with van der Waals surface area (Å²) in [5.74, 6) is -1.10. The Balaban J connectivity index is 2.89. The predicted octanol–water partition coefficient (Wildman–Crippen LogP) is 3.78. The molecule has 11 heteroatoms. The van der Waals surface area contributed by atoms with Gasteiger partial charge in [-0.05, 0) is 42.9 Å². The molecule has 2 atom stereocenters. The summed E-state index contributed by atoms with van der Waals surface area (Å²) in [4.78, 5) is 47.7. The van der Waals surface area contributed by atoms with Gasteiger partial charge in [0.1, 0.15) is 18.8 Å². The molecule has 0 aromatic heterocycles. The highest BCUT2D eigenvalue weighted by atomic mass is 16.7. The van der Waals surface area contributed by atoms with E-state index in [0.29, 0.717) is 5.56 Å². The van der Waals surface area contributed by atoms with Crippen LogP contribution in [0.25, 0.3) is 0 Å². The lowest BCUT2D eigenvalue weighted by Gasteiger charge is -2.16. The summed E-state index contributed by atoms with van der Waals surface area (Å²) in [6.07, 6.45) is -2.33. The zero-order valence-electron chi connectivity index (χ0n) is 21.7. The van der Waals surface area contributed by atoms with Crippen molar-refractivity contribution >= 4 is 24.2 Å². The Labute approximate surface area is 211 Å². The minimum absolute atomic E-state index is 0.0252. The molecule has 0 spiro atoms. The van der Waals surface area contributed by atoms with Crippen LogP contribution in [0.5, 0.6) is 11.5 Å². The number of hydrogen-bond acceptors (Lipinski definition) is 11. The molecule has 0 bridgehead atoms. The second-order valence-electron chi connectivity index (χ2n) is 8.99. The van der Waals surface area contributed by atoms with Gasteiger partial charge in [0.25, 0.3) is 0 Å². The van der Waals surface area contributed by atoms with Gasteiger partial charge in [-0.25, -0.2) is 9.59 Å². The van der Waals surface area contributed by atoms with Crippen LogP contribution in [0.4, 0.5) is 9.59 Å². The van der Waals surface area contributed by atoms with Crippen molar-refractivity contribution in [1.29, 1.82) is 0 Å². The SMILES string of the molecule is CCC(=O)O[C@@H](C)COC(=O)[C@@H](N)Cc1ccc(OC(=O)OCC(C)C)c(OC(=O)OCC(C)C)c1. The first-order valence-electron chi connectivity index (χ1n) is 11.8. The van der Waals surface area contributed by atoms with E-state index in [1.165, 1.54) is 12.1 Å². The lowest BCUT2D eigenvalue weighted by atomic mass is 10.1. The Morgan fingerprint density at radius 2 is 1.36 bits per heavy atom. The Hall–Kier alpha value is -3.34. The normalized spacial score (nSPS) is 12.5. The van der Waals surface area contributed by atoms with Gasteiger partial charge in [-0.1, -0.05) is 40.7 Å². The van der Waals surface area contributed by atoms with E-state index in [9.17, 15) is 19.2 Å². The lowest BCUT2D eigenvalue weighted by molar-refractivity contribution is -0.158. The van der Waals surface area contributed by atoms with Gasteiger partial charge in [0.15, 0.2) is 11.5 Å². The van der Waals surface area contributed by atoms with Gasteiger partial charge in [0.05, 0.1) is 13.2 Å². The summed E-state index contributed by atoms with van der Waals surface area (Å²) in [5.41, 5.74) is 6.46. The Morgan fingerprint density at radius 3 is 1.89 bits per heavy atom. The summed E-state index contributed by atoms with van der Waals surface area (Å²) < 4.78 is 30.6. The Bertz CT molecular complexity index is 884. The molecule has 1 rings (SSSR count). The van der Waals surface area contributed by atoms with E-state index >= 15 is 0 Å². The topological polar surface area (TPSA) is 150 Å². The first-order chi connectivity index (χ1) is 16.9. The molecule has 2 N–H and O–H groups in total. The number of ether oxygens (including phenoxy) is 6. The summed E-state index contributed by atoms with van der Waals surface area (Å²) in [5, 5.41) is 0. The predicted molar refractivity (Wildman–Crippen MR) is 129 cm³/mol. The highest BCUT2D eigenvalue weighted by Gasteiger charge is 2.21. The van der Waals surface area contributed by atoms with E-state index in [2.05, 4.69) is 0 Å². The quantitative estimate of drug-likeness (QED) is 0.234. The molecular formula is C25H37NO10. The molecule has 202 valence electrons. The van der Waals surface area contributed by atoms with Crippen LogP contribution in [-0.2, 0) is 35.0 Å². The summed E-state index contributed by atoms with van der Waals surface area (Å²) in [6.45, 7) is 10.9. The number of nitrogens with two attached hydrogens (primary N) is 1. The third-order valence-corrected chi connectivity index (χ3v) is 4.30. The fourth-order valence-electron chi connectivity index (χ4n) is 2.54. The van der Waals surface area contributed by atoms with Crippen LogP contribution in [0.2, 0.25) is 0 Å². The largest absolute Gasteiger partial charge is 0.513 e. The minimum atomic E-state index is -1.05. The maximum Gasteiger partial charge on any atom is 0.513 e. The number of carbonyl (C=O) groups excluding carboxylic acids is 4. The van der Waals surface area contributed by atoms with Crippen LogP contribution < -0.4 is 15.2 Å². The monoisotopic (exact) mass is 511 g/mol. The molecule has 0 heterocycles. The molecule has 36 heavy (non-hydrogen) atoms. The molecule has 0 aliphatic carbocycles. The van der Waals surface area contributed by atoms with Gasteiger partial charge in [-0.15, -0.1) is 0 Å². The van der Waals surface area contributed by atoms with Crippen molar-refractivity contribution in [3.05, 3.63) is 23.8 Å². The third kappa shape index (κ3) is 12.4. The molecule has 0 aliphatic heterocycles. The van der Waals surface area contributed by atoms with Crippen molar-refractivity contribution in [2.45, 2.75) is 66.5 Å². The smallest absolute Gasteiger partial charge is 0.461 e. The van der Waals surface area contributed by atoms with Crippen LogP contribution in [0.1, 0.15) is 53.5 Å². The Kier molecular flexibility index (Phi) is 13.3. The van der Waals surface area contributed by atoms with Crippen LogP contribution in [0.15, 0.2) is 18.2 Å². The van der Waals surface area contributed by atoms with Gasteiger partial charge < -0.3 is 34.2 Å². The van der Waals surface area contributed by atoms with E-state index < -0.39 is 36.4 Å². The lowest BCUT2D eigenvalue weighted by Crippen LogP contribution is -2.36. The molecule has 0 radical (unpaired) electrons. The molecular weight excluding hydrogens is 474 g/mol. The number of esters is 2. The van der Waals surface area contributed by atoms with Crippen molar-refractivity contribution in [2.24, 2.45) is 17.6 Å². The molecule has 0 saturated heterocycles. The average Bonchev–Trinajstić information content (AvgIpc) is 2.81. The second-order valence-corrected chi connectivity index (χ2v) is 8.99. The molecule has 0 aliphatic rings. The first kappa shape index (κ1) is 30.7. The van der Waals surface area contributed by atoms with Gasteiger partial charge in [-0.2, -0.15) is 0 Å². The van der Waals surface area contributed by atoms with E-state index in [1.807, 2.05) is 27.7 Å². The van der Waals surface area contributed by atoms with Crippen molar-refractivity contribution in [1.82, 2.24) is 0 Å². The van der Waals surface area contributed by atoms with E-state index in [0.717, 1.165) is 0 Å². The number of rotatable bonds is 13. The standard InChI is InChI=1S/C25H37NO10/c1-7-22(27)34-17(6)14-31-23(28)19(26)10-18-8-9-20(35-24(29)32-12-15(2)3)21(11-18)36-25(30)33-13-16(4)5/h8-9,11,15-17,19H,7,10,12-14,26H2,1-6H3/t17-,19-/m0/s1. The average molecular weight is 512 g/mol. The summed E-state index contributed by atoms with van der Waals surface area (Å²) >= 11 is 0. The van der Waals surface area contributed by atoms with Crippen molar-refractivity contribution < 1.29 is 47.6 Å². The Morgan fingerprint density at radius 1 is 0.806 bits per heavy atom. The van der Waals surface area contributed by atoms with Gasteiger partial charge in [0, 0.05) is 6.42 Å². The van der Waals surface area contributed by atoms with Crippen LogP contribution in [-0.4, -0.2) is 56.2 Å². The maximum atomic E-state index is 12.3. The fourth-order valence-corrected chi connectivity index (χ4v) is 2.54. The highest BCUT2D eigenvalue weighted by molar-refractivity contribution is 5.76. The number of benzene rings is 1.